The molecular formula is C20H26ClN5O6. The first kappa shape index (κ1) is 25.0. The van der Waals surface area contributed by atoms with Crippen LogP contribution >= 0.6 is 11.6 Å². The van der Waals surface area contributed by atoms with Gasteiger partial charge in [0.1, 0.15) is 5.82 Å². The predicted octanol–water partition coefficient (Wildman–Crippen LogP) is 0.847. The number of halogens is 1. The molecular weight excluding hydrogens is 442 g/mol. The lowest BCUT2D eigenvalue weighted by molar-refractivity contribution is -0.121. The average molecular weight is 468 g/mol. The Morgan fingerprint density at radius 1 is 1.25 bits per heavy atom. The highest BCUT2D eigenvalue weighted by Gasteiger charge is 2.25. The summed E-state index contributed by atoms with van der Waals surface area (Å²) in [6.45, 7) is 3.28. The van der Waals surface area contributed by atoms with E-state index in [1.54, 1.807) is 0 Å². The summed E-state index contributed by atoms with van der Waals surface area (Å²) in [6, 6.07) is 4.15. The van der Waals surface area contributed by atoms with Crippen molar-refractivity contribution in [3.05, 3.63) is 49.6 Å². The van der Waals surface area contributed by atoms with Crippen molar-refractivity contribution >= 4 is 40.7 Å². The van der Waals surface area contributed by atoms with Gasteiger partial charge >= 0.3 is 11.7 Å². The lowest BCUT2D eigenvalue weighted by atomic mass is 10.2. The minimum atomic E-state index is -0.839. The van der Waals surface area contributed by atoms with Crippen LogP contribution in [-0.2, 0) is 20.8 Å². The maximum Gasteiger partial charge on any atom is 0.338 e. The summed E-state index contributed by atoms with van der Waals surface area (Å²) in [5.41, 5.74) is 10.3. The number of nitrogens with two attached hydrogens (primary N) is 2. The topological polar surface area (TPSA) is 163 Å². The molecule has 5 N–H and O–H groups in total. The second-order valence-electron chi connectivity index (χ2n) is 7.35. The largest absolute Gasteiger partial charge is 0.452 e. The Balaban J connectivity index is 2.32. The molecule has 1 amide bonds. The summed E-state index contributed by atoms with van der Waals surface area (Å²) in [7, 11) is 1.42. The smallest absolute Gasteiger partial charge is 0.338 e. The number of nitrogens with zero attached hydrogens (tertiary/aromatic N) is 2. The van der Waals surface area contributed by atoms with Crippen molar-refractivity contribution < 1.29 is 19.1 Å². The fraction of sp³-hybridized carbons (Fsp3) is 0.400. The highest BCUT2D eigenvalue weighted by Crippen LogP contribution is 2.21. The zero-order valence-corrected chi connectivity index (χ0v) is 18.8. The number of amides is 1. The van der Waals surface area contributed by atoms with Gasteiger partial charge in [-0.25, -0.2) is 9.59 Å². The molecule has 0 aliphatic carbocycles. The highest BCUT2D eigenvalue weighted by molar-refractivity contribution is 6.33. The molecule has 0 aliphatic rings. The van der Waals surface area contributed by atoms with Gasteiger partial charge in [0, 0.05) is 20.2 Å². The predicted molar refractivity (Wildman–Crippen MR) is 121 cm³/mol. The Morgan fingerprint density at radius 3 is 2.53 bits per heavy atom. The number of hydrogen-bond acceptors (Lipinski definition) is 8. The van der Waals surface area contributed by atoms with Crippen molar-refractivity contribution in [2.45, 2.75) is 20.4 Å². The van der Waals surface area contributed by atoms with Gasteiger partial charge in [-0.3, -0.25) is 24.0 Å². The van der Waals surface area contributed by atoms with Crippen LogP contribution in [0.3, 0.4) is 0 Å². The van der Waals surface area contributed by atoms with Gasteiger partial charge < -0.3 is 20.9 Å². The van der Waals surface area contributed by atoms with E-state index in [2.05, 4.69) is 4.98 Å². The first-order valence-corrected chi connectivity index (χ1v) is 10.1. The number of carbonyl (C=O) groups is 2. The Hall–Kier alpha value is -3.31. The van der Waals surface area contributed by atoms with Crippen molar-refractivity contribution in [2.24, 2.45) is 5.92 Å². The van der Waals surface area contributed by atoms with Gasteiger partial charge in [0.2, 0.25) is 0 Å². The molecule has 0 saturated heterocycles. The first-order valence-electron chi connectivity index (χ1n) is 9.70. The first-order chi connectivity index (χ1) is 15.1. The minimum Gasteiger partial charge on any atom is -0.452 e. The van der Waals surface area contributed by atoms with Crippen LogP contribution in [0.25, 0.3) is 0 Å². The molecule has 1 heterocycles. The SMILES string of the molecule is COCCN(C(=O)COC(=O)c1ccc(Cl)c(N)c1)c1c(N)n(CC(C)C)c(=O)[nH]c1=O. The van der Waals surface area contributed by atoms with Gasteiger partial charge in [0.25, 0.3) is 11.5 Å². The summed E-state index contributed by atoms with van der Waals surface area (Å²) in [4.78, 5) is 53.1. The monoisotopic (exact) mass is 467 g/mol. The highest BCUT2D eigenvalue weighted by atomic mass is 35.5. The van der Waals surface area contributed by atoms with Gasteiger partial charge in [-0.2, -0.15) is 0 Å². The molecule has 2 aromatic rings. The minimum absolute atomic E-state index is 0.0460. The summed E-state index contributed by atoms with van der Waals surface area (Å²) >= 11 is 5.84. The van der Waals surface area contributed by atoms with Crippen molar-refractivity contribution in [1.29, 1.82) is 0 Å². The molecule has 174 valence electrons. The molecule has 0 spiro atoms. The second-order valence-corrected chi connectivity index (χ2v) is 7.76. The van der Waals surface area contributed by atoms with Gasteiger partial charge in [-0.15, -0.1) is 0 Å². The molecule has 0 fully saturated rings. The van der Waals surface area contributed by atoms with E-state index in [1.165, 1.54) is 29.9 Å². The third-order valence-corrected chi connectivity index (χ3v) is 4.75. The van der Waals surface area contributed by atoms with Crippen LogP contribution in [0.5, 0.6) is 0 Å². The van der Waals surface area contributed by atoms with Crippen LogP contribution in [0.1, 0.15) is 24.2 Å². The molecule has 0 radical (unpaired) electrons. The van der Waals surface area contributed by atoms with Crippen LogP contribution in [0.4, 0.5) is 17.2 Å². The number of aromatic amines is 1. The van der Waals surface area contributed by atoms with Crippen molar-refractivity contribution in [3.63, 3.8) is 0 Å². The van der Waals surface area contributed by atoms with E-state index < -0.39 is 29.7 Å². The van der Waals surface area contributed by atoms with E-state index in [-0.39, 0.29) is 53.4 Å². The quantitative estimate of drug-likeness (QED) is 0.361. The zero-order chi connectivity index (χ0) is 24.0. The van der Waals surface area contributed by atoms with Gasteiger partial charge in [-0.05, 0) is 24.1 Å². The van der Waals surface area contributed by atoms with Crippen LogP contribution in [-0.4, -0.2) is 48.3 Å². The zero-order valence-electron chi connectivity index (χ0n) is 18.0. The number of anilines is 3. The van der Waals surface area contributed by atoms with Crippen molar-refractivity contribution in [3.8, 4) is 0 Å². The number of H-pyrrole nitrogens is 1. The molecule has 1 aromatic carbocycles. The number of carbonyl (C=O) groups excluding carboxylic acids is 2. The summed E-state index contributed by atoms with van der Waals surface area (Å²) < 4.78 is 11.3. The Morgan fingerprint density at radius 2 is 1.94 bits per heavy atom. The number of ether oxygens (including phenoxy) is 2. The number of methoxy groups -OCH3 is 1. The number of nitrogen functional groups attached to an aromatic ring is 2. The van der Waals surface area contributed by atoms with Gasteiger partial charge in [-0.1, -0.05) is 25.4 Å². The number of nitrogens with one attached hydrogen (secondary N) is 1. The van der Waals surface area contributed by atoms with Crippen molar-refractivity contribution in [1.82, 2.24) is 9.55 Å². The Labute approximate surface area is 188 Å². The molecule has 12 heteroatoms. The van der Waals surface area contributed by atoms with Crippen molar-refractivity contribution in [2.75, 3.05) is 43.2 Å². The fourth-order valence-electron chi connectivity index (χ4n) is 2.89. The Kier molecular flexibility index (Phi) is 8.44. The van der Waals surface area contributed by atoms with Gasteiger partial charge in [0.05, 0.1) is 22.9 Å². The third-order valence-electron chi connectivity index (χ3n) is 4.41. The van der Waals surface area contributed by atoms with Crippen LogP contribution < -0.4 is 27.6 Å². The number of hydrogen-bond donors (Lipinski definition) is 3. The maximum atomic E-state index is 12.9. The second kappa shape index (κ2) is 10.8. The maximum absolute atomic E-state index is 12.9. The molecule has 1 aromatic heterocycles. The average Bonchev–Trinajstić information content (AvgIpc) is 2.73. The van der Waals surface area contributed by atoms with E-state index in [1.807, 2.05) is 13.8 Å². The summed E-state index contributed by atoms with van der Waals surface area (Å²) in [5.74, 6) is -1.66. The number of aromatic nitrogens is 2. The van der Waals surface area contributed by atoms with E-state index in [0.29, 0.717) is 0 Å². The molecule has 0 bridgehead atoms. The Bertz CT molecular complexity index is 1110. The fourth-order valence-corrected chi connectivity index (χ4v) is 3.01. The normalized spacial score (nSPS) is 10.9. The molecule has 0 atom stereocenters. The molecule has 0 saturated carbocycles. The number of rotatable bonds is 9. The number of benzene rings is 1. The van der Waals surface area contributed by atoms with Crippen LogP contribution in [0.2, 0.25) is 5.02 Å². The number of esters is 1. The van der Waals surface area contributed by atoms with E-state index in [0.717, 1.165) is 4.90 Å². The molecule has 0 unspecified atom stereocenters. The summed E-state index contributed by atoms with van der Waals surface area (Å²) in [5, 5.41) is 0.273. The lowest BCUT2D eigenvalue weighted by Gasteiger charge is -2.24. The molecule has 11 nitrogen and oxygen atoms in total. The summed E-state index contributed by atoms with van der Waals surface area (Å²) in [6.07, 6.45) is 0. The van der Waals surface area contributed by atoms with Crippen LogP contribution in [0, 0.1) is 5.92 Å². The lowest BCUT2D eigenvalue weighted by Crippen LogP contribution is -2.44. The third kappa shape index (κ3) is 5.89. The van der Waals surface area contributed by atoms with E-state index in [9.17, 15) is 19.2 Å². The van der Waals surface area contributed by atoms with E-state index >= 15 is 0 Å². The molecule has 2 rings (SSSR count). The van der Waals surface area contributed by atoms with Gasteiger partial charge in [0.15, 0.2) is 12.3 Å². The van der Waals surface area contributed by atoms with Crippen LogP contribution in [0.15, 0.2) is 27.8 Å². The standard InChI is InChI=1S/C20H26ClN5O6/c1-11(2)9-26-17(23)16(18(28)24-20(26)30)25(6-7-31-3)15(27)10-32-19(29)12-4-5-13(21)14(22)8-12/h4-5,8,11H,6-7,9-10,22-23H2,1-3H3,(H,24,28,30). The molecule has 32 heavy (non-hydrogen) atoms. The van der Waals surface area contributed by atoms with E-state index in [4.69, 9.17) is 32.5 Å². The molecule has 0 aliphatic heterocycles.